The number of hydrogen-bond donors (Lipinski definition) is 5. The van der Waals surface area contributed by atoms with Gasteiger partial charge in [-0.3, -0.25) is 4.79 Å². The molecule has 3 heterocycles. The second kappa shape index (κ2) is 11.9. The van der Waals surface area contributed by atoms with E-state index in [4.69, 9.17) is 27.1 Å². The summed E-state index contributed by atoms with van der Waals surface area (Å²) in [6.45, 7) is 6.13. The van der Waals surface area contributed by atoms with E-state index >= 15 is 0 Å². The topological polar surface area (TPSA) is 134 Å². The molecule has 2 fully saturated rings. The van der Waals surface area contributed by atoms with E-state index in [-0.39, 0.29) is 5.54 Å². The molecule has 1 saturated carbocycles. The molecule has 0 atom stereocenters. The van der Waals surface area contributed by atoms with Crippen molar-refractivity contribution >= 4 is 29.2 Å². The van der Waals surface area contributed by atoms with Crippen LogP contribution in [0.5, 0.6) is 0 Å². The van der Waals surface area contributed by atoms with Crippen molar-refractivity contribution in [3.63, 3.8) is 0 Å². The highest BCUT2D eigenvalue weighted by Gasteiger charge is 2.29. The lowest BCUT2D eigenvalue weighted by Crippen LogP contribution is -2.50. The minimum absolute atomic E-state index is 0.289. The number of rotatable bonds is 10. The minimum atomic E-state index is -0.907. The zero-order valence-corrected chi connectivity index (χ0v) is 22.5. The fourth-order valence-electron chi connectivity index (χ4n) is 4.81. The number of anilines is 2. The van der Waals surface area contributed by atoms with E-state index in [0.717, 1.165) is 61.4 Å². The van der Waals surface area contributed by atoms with E-state index in [1.165, 1.54) is 0 Å². The SMILES string of the molecule is CC(C)(NC[C@H]1CC[C@H](Nc2cc(-c3cccc(NCC4(N)CCOCC4)n3)c(Cl)cn2)CC1)C(=O)O. The summed E-state index contributed by atoms with van der Waals surface area (Å²) < 4.78 is 5.44. The third-order valence-corrected chi connectivity index (χ3v) is 7.86. The normalized spacial score (nSPS) is 21.8. The molecule has 0 amide bonds. The summed E-state index contributed by atoms with van der Waals surface area (Å²) in [6.07, 6.45) is 7.39. The molecule has 6 N–H and O–H groups in total. The number of hydrogen-bond acceptors (Lipinski definition) is 8. The quantitative estimate of drug-likeness (QED) is 0.307. The van der Waals surface area contributed by atoms with Crippen molar-refractivity contribution in [1.82, 2.24) is 15.3 Å². The molecule has 1 aliphatic heterocycles. The first-order chi connectivity index (χ1) is 17.6. The van der Waals surface area contributed by atoms with Crippen LogP contribution >= 0.6 is 11.6 Å². The molecular weight excluding hydrogens is 492 g/mol. The summed E-state index contributed by atoms with van der Waals surface area (Å²) in [7, 11) is 0. The van der Waals surface area contributed by atoms with Crippen LogP contribution in [0.4, 0.5) is 11.6 Å². The Hall–Kier alpha value is -2.46. The van der Waals surface area contributed by atoms with Crippen molar-refractivity contribution in [3.8, 4) is 11.3 Å². The van der Waals surface area contributed by atoms with Crippen molar-refractivity contribution < 1.29 is 14.6 Å². The number of ether oxygens (including phenoxy) is 1. The molecule has 10 heteroatoms. The Balaban J connectivity index is 1.34. The molecule has 202 valence electrons. The van der Waals surface area contributed by atoms with Gasteiger partial charge in [0.15, 0.2) is 0 Å². The van der Waals surface area contributed by atoms with E-state index in [1.807, 2.05) is 24.3 Å². The van der Waals surface area contributed by atoms with Crippen LogP contribution in [0, 0.1) is 5.92 Å². The van der Waals surface area contributed by atoms with Crippen LogP contribution < -0.4 is 21.7 Å². The Labute approximate surface area is 223 Å². The van der Waals surface area contributed by atoms with Gasteiger partial charge in [-0.05, 0) is 83.0 Å². The molecule has 0 aromatic carbocycles. The van der Waals surface area contributed by atoms with Crippen molar-refractivity contribution in [2.24, 2.45) is 11.7 Å². The first-order valence-corrected chi connectivity index (χ1v) is 13.5. The van der Waals surface area contributed by atoms with E-state index < -0.39 is 11.5 Å². The average molecular weight is 531 g/mol. The van der Waals surface area contributed by atoms with Gasteiger partial charge < -0.3 is 31.5 Å². The number of nitrogens with two attached hydrogens (primary N) is 1. The van der Waals surface area contributed by atoms with Gasteiger partial charge in [0.05, 0.1) is 10.7 Å². The van der Waals surface area contributed by atoms with E-state index in [9.17, 15) is 9.90 Å². The minimum Gasteiger partial charge on any atom is -0.480 e. The second-order valence-electron chi connectivity index (χ2n) is 11.0. The van der Waals surface area contributed by atoms with Gasteiger partial charge in [0, 0.05) is 43.1 Å². The predicted octanol–water partition coefficient (Wildman–Crippen LogP) is 4.14. The number of carboxylic acids is 1. The van der Waals surface area contributed by atoms with Crippen molar-refractivity contribution in [3.05, 3.63) is 35.5 Å². The summed E-state index contributed by atoms with van der Waals surface area (Å²) in [5.41, 5.74) is 6.91. The molecule has 1 saturated heterocycles. The summed E-state index contributed by atoms with van der Waals surface area (Å²) in [5, 5.41) is 20.0. The maximum absolute atomic E-state index is 11.3. The maximum Gasteiger partial charge on any atom is 0.323 e. The first kappa shape index (κ1) is 27.6. The Kier molecular flexibility index (Phi) is 8.90. The van der Waals surface area contributed by atoms with Gasteiger partial charge in [-0.1, -0.05) is 17.7 Å². The predicted molar refractivity (Wildman–Crippen MR) is 147 cm³/mol. The number of carboxylic acid groups (broad SMARTS) is 1. The summed E-state index contributed by atoms with van der Waals surface area (Å²) in [4.78, 5) is 20.6. The Morgan fingerprint density at radius 3 is 2.65 bits per heavy atom. The van der Waals surface area contributed by atoms with Gasteiger partial charge >= 0.3 is 5.97 Å². The molecule has 1 aliphatic carbocycles. The molecule has 0 unspecified atom stereocenters. The Morgan fingerprint density at radius 1 is 1.22 bits per heavy atom. The number of aromatic nitrogens is 2. The molecule has 9 nitrogen and oxygen atoms in total. The highest BCUT2D eigenvalue weighted by Crippen LogP contribution is 2.31. The summed E-state index contributed by atoms with van der Waals surface area (Å²) >= 11 is 6.53. The van der Waals surface area contributed by atoms with Crippen molar-refractivity contribution in [2.75, 3.05) is 36.9 Å². The standard InChI is InChI=1S/C27H39ClN6O3/c1-26(2,25(35)36)32-15-18-6-8-19(9-7-18)33-24-14-20(21(28)16-30-24)22-4-3-5-23(34-22)31-17-27(29)10-12-37-13-11-27/h3-5,14,16,18-19,32H,6-13,15,17,29H2,1-2H3,(H,30,33)(H,31,34)(H,35,36)/t18-,19-. The molecule has 2 aromatic rings. The van der Waals surface area contributed by atoms with Gasteiger partial charge in [0.25, 0.3) is 0 Å². The molecule has 2 aromatic heterocycles. The number of nitrogens with one attached hydrogen (secondary N) is 3. The molecule has 37 heavy (non-hydrogen) atoms. The zero-order chi connectivity index (χ0) is 26.5. The van der Waals surface area contributed by atoms with E-state index in [2.05, 4.69) is 20.9 Å². The molecule has 0 spiro atoms. The van der Waals surface area contributed by atoms with E-state index in [1.54, 1.807) is 20.0 Å². The Morgan fingerprint density at radius 2 is 1.95 bits per heavy atom. The second-order valence-corrected chi connectivity index (χ2v) is 11.4. The van der Waals surface area contributed by atoms with Gasteiger partial charge in [-0.2, -0.15) is 0 Å². The molecule has 2 aliphatic rings. The van der Waals surface area contributed by atoms with Gasteiger partial charge in [-0.25, -0.2) is 9.97 Å². The van der Waals surface area contributed by atoms with Crippen LogP contribution in [0.3, 0.4) is 0 Å². The molecular formula is C27H39ClN6O3. The number of carbonyl (C=O) groups is 1. The van der Waals surface area contributed by atoms with Crippen LogP contribution in [0.1, 0.15) is 52.4 Å². The van der Waals surface area contributed by atoms with E-state index in [0.29, 0.717) is 43.3 Å². The van der Waals surface area contributed by atoms with Crippen molar-refractivity contribution in [2.45, 2.75) is 69.5 Å². The van der Waals surface area contributed by atoms with Crippen LogP contribution in [0.25, 0.3) is 11.3 Å². The lowest BCUT2D eigenvalue weighted by molar-refractivity contribution is -0.143. The molecule has 4 rings (SSSR count). The number of pyridine rings is 2. The van der Waals surface area contributed by atoms with Crippen molar-refractivity contribution in [1.29, 1.82) is 0 Å². The third kappa shape index (κ3) is 7.54. The van der Waals surface area contributed by atoms with Crippen LogP contribution in [-0.2, 0) is 9.53 Å². The highest BCUT2D eigenvalue weighted by molar-refractivity contribution is 6.33. The number of aliphatic carboxylic acids is 1. The highest BCUT2D eigenvalue weighted by atomic mass is 35.5. The van der Waals surface area contributed by atoms with Gasteiger partial charge in [-0.15, -0.1) is 0 Å². The molecule has 0 radical (unpaired) electrons. The fraction of sp³-hybridized carbons (Fsp3) is 0.593. The lowest BCUT2D eigenvalue weighted by Gasteiger charge is -2.33. The van der Waals surface area contributed by atoms with Gasteiger partial charge in [0.1, 0.15) is 17.2 Å². The first-order valence-electron chi connectivity index (χ1n) is 13.1. The van der Waals surface area contributed by atoms with Crippen LogP contribution in [-0.4, -0.2) is 64.5 Å². The van der Waals surface area contributed by atoms with Crippen LogP contribution in [0.15, 0.2) is 30.5 Å². The molecule has 0 bridgehead atoms. The Bertz CT molecular complexity index is 1070. The third-order valence-electron chi connectivity index (χ3n) is 7.56. The number of nitrogens with zero attached hydrogens (tertiary/aromatic N) is 2. The monoisotopic (exact) mass is 530 g/mol. The fourth-order valence-corrected chi connectivity index (χ4v) is 5.01. The average Bonchev–Trinajstić information content (AvgIpc) is 2.89. The largest absolute Gasteiger partial charge is 0.480 e. The summed E-state index contributed by atoms with van der Waals surface area (Å²) in [6, 6.07) is 8.11. The number of halogens is 1. The van der Waals surface area contributed by atoms with Gasteiger partial charge in [0.2, 0.25) is 0 Å². The maximum atomic E-state index is 11.3. The summed E-state index contributed by atoms with van der Waals surface area (Å²) in [5.74, 6) is 1.18. The lowest BCUT2D eigenvalue weighted by atomic mass is 9.85. The smallest absolute Gasteiger partial charge is 0.323 e. The van der Waals surface area contributed by atoms with Crippen LogP contribution in [0.2, 0.25) is 5.02 Å². The zero-order valence-electron chi connectivity index (χ0n) is 21.7.